The van der Waals surface area contributed by atoms with Crippen LogP contribution in [0.5, 0.6) is 23.0 Å². The SMILES string of the molecule is CC(C)Oc1cccc(OC(C)C)c1-c1cccc(P(c2cccc(-c3c(OC(C)C)cccc3OC(C)C)c2)C2CCCCC2)c1.[Cl][Au]. The Hall–Kier alpha value is -2.46. The van der Waals surface area contributed by atoms with Crippen molar-refractivity contribution in [3.8, 4) is 45.3 Å². The third kappa shape index (κ3) is 10.8. The minimum absolute atomic E-state index is 0.0560. The molecule has 0 atom stereocenters. The first kappa shape index (κ1) is 39.3. The molecule has 0 aliphatic heterocycles. The summed E-state index contributed by atoms with van der Waals surface area (Å²) in [5.41, 5.74) is 4.94. The van der Waals surface area contributed by atoms with Crippen LogP contribution in [0.25, 0.3) is 22.3 Å². The molecular weight excluding hydrogens is 832 g/mol. The van der Waals surface area contributed by atoms with E-state index in [1.807, 2.05) is 12.1 Å². The summed E-state index contributed by atoms with van der Waals surface area (Å²) in [6.07, 6.45) is 6.63. The molecule has 4 aromatic rings. The Bertz CT molecular complexity index is 1450. The third-order valence-corrected chi connectivity index (χ3v) is 11.1. The Morgan fingerprint density at radius 2 is 0.837 bits per heavy atom. The minimum atomic E-state index is -0.651. The van der Waals surface area contributed by atoms with Gasteiger partial charge in [0, 0.05) is 0 Å². The van der Waals surface area contributed by atoms with Crippen LogP contribution in [0.1, 0.15) is 87.5 Å². The summed E-state index contributed by atoms with van der Waals surface area (Å²) < 4.78 is 25.5. The topological polar surface area (TPSA) is 36.9 Å². The van der Waals surface area contributed by atoms with Crippen molar-refractivity contribution >= 4 is 27.7 Å². The summed E-state index contributed by atoms with van der Waals surface area (Å²) in [5.74, 6) is 3.44. The average molecular weight is 885 g/mol. The van der Waals surface area contributed by atoms with Crippen LogP contribution in [-0.4, -0.2) is 30.1 Å². The van der Waals surface area contributed by atoms with Gasteiger partial charge in [0.05, 0.1) is 35.5 Å². The van der Waals surface area contributed by atoms with Crippen LogP contribution >= 0.6 is 17.1 Å². The average Bonchev–Trinajstić information content (AvgIpc) is 3.06. The van der Waals surface area contributed by atoms with E-state index in [0.29, 0.717) is 5.66 Å². The molecule has 0 heterocycles. The van der Waals surface area contributed by atoms with E-state index in [-0.39, 0.29) is 24.4 Å². The predicted octanol–water partition coefficient (Wildman–Crippen LogP) is 11.6. The van der Waals surface area contributed by atoms with E-state index in [9.17, 15) is 0 Å². The van der Waals surface area contributed by atoms with Crippen molar-refractivity contribution < 1.29 is 38.9 Å². The fourth-order valence-electron chi connectivity index (χ4n) is 6.53. The van der Waals surface area contributed by atoms with Gasteiger partial charge in [0.2, 0.25) is 0 Å². The molecule has 49 heavy (non-hydrogen) atoms. The van der Waals surface area contributed by atoms with Crippen LogP contribution in [0.3, 0.4) is 0 Å². The number of benzene rings is 4. The molecule has 0 unspecified atom stereocenters. The second kappa shape index (κ2) is 19.2. The Kier molecular flexibility index (Phi) is 15.4. The molecule has 1 aliphatic carbocycles. The van der Waals surface area contributed by atoms with Gasteiger partial charge in [-0.15, -0.1) is 0 Å². The van der Waals surface area contributed by atoms with Gasteiger partial charge >= 0.3 is 29.2 Å². The van der Waals surface area contributed by atoms with Gasteiger partial charge in [-0.1, -0.05) is 67.8 Å². The molecule has 0 amide bonds. The van der Waals surface area contributed by atoms with Crippen LogP contribution in [0.15, 0.2) is 84.9 Å². The molecule has 0 spiro atoms. The number of hydrogen-bond acceptors (Lipinski definition) is 4. The van der Waals surface area contributed by atoms with Crippen molar-refractivity contribution in [2.75, 3.05) is 0 Å². The molecule has 1 fully saturated rings. The molecule has 0 N–H and O–H groups in total. The molecule has 1 aliphatic rings. The Morgan fingerprint density at radius 1 is 0.510 bits per heavy atom. The normalized spacial score (nSPS) is 13.6. The van der Waals surface area contributed by atoms with Crippen LogP contribution in [0.4, 0.5) is 0 Å². The first-order valence-electron chi connectivity index (χ1n) is 17.6. The van der Waals surface area contributed by atoms with Crippen LogP contribution in [0.2, 0.25) is 0 Å². The van der Waals surface area contributed by atoms with Gasteiger partial charge in [0.1, 0.15) is 23.0 Å². The van der Waals surface area contributed by atoms with E-state index in [2.05, 4.69) is 137 Å². The molecule has 0 radical (unpaired) electrons. The van der Waals surface area contributed by atoms with Gasteiger partial charge in [-0.05, 0) is 140 Å². The van der Waals surface area contributed by atoms with E-state index >= 15 is 0 Å². The van der Waals surface area contributed by atoms with Crippen molar-refractivity contribution in [2.24, 2.45) is 0 Å². The molecule has 0 aromatic heterocycles. The standard InChI is InChI=1S/C42H53O4P.Au.ClH/c1-28(2)43-37-22-14-23-38(44-29(3)4)41(37)32-16-12-20-35(26-32)47(34-18-10-9-11-19-34)36-21-13-17-33(27-36)42-39(45-30(5)6)24-15-25-40(42)46-31(7)8;;/h12-17,20-31,34H,9-11,18-19H2,1-8H3;;1H/q;+1;/p-1. The summed E-state index contributed by atoms with van der Waals surface area (Å²) in [4.78, 5) is 0. The number of rotatable bonds is 13. The van der Waals surface area contributed by atoms with Crippen LogP contribution < -0.4 is 29.6 Å². The van der Waals surface area contributed by atoms with Crippen molar-refractivity contribution in [3.63, 3.8) is 0 Å². The van der Waals surface area contributed by atoms with Gasteiger partial charge in [-0.2, -0.15) is 0 Å². The predicted molar refractivity (Wildman–Crippen MR) is 206 cm³/mol. The van der Waals surface area contributed by atoms with Gasteiger partial charge in [-0.3, -0.25) is 0 Å². The molecule has 1 saturated carbocycles. The van der Waals surface area contributed by atoms with E-state index in [1.54, 1.807) is 20.0 Å². The molecule has 4 aromatic carbocycles. The van der Waals surface area contributed by atoms with Crippen molar-refractivity contribution in [1.29, 1.82) is 0 Å². The second-order valence-corrected chi connectivity index (χ2v) is 16.2. The Labute approximate surface area is 312 Å². The summed E-state index contributed by atoms with van der Waals surface area (Å²) >= 11 is 1.75. The molecule has 4 nitrogen and oxygen atoms in total. The quantitative estimate of drug-likeness (QED) is 0.0990. The summed E-state index contributed by atoms with van der Waals surface area (Å²) in [6.45, 7) is 16.6. The maximum absolute atomic E-state index is 6.37. The molecule has 268 valence electrons. The first-order chi connectivity index (χ1) is 23.6. The van der Waals surface area contributed by atoms with Crippen LogP contribution in [0, 0.1) is 0 Å². The summed E-state index contributed by atoms with van der Waals surface area (Å²) in [6, 6.07) is 30.7. The Morgan fingerprint density at radius 3 is 1.16 bits per heavy atom. The van der Waals surface area contributed by atoms with E-state index < -0.39 is 7.92 Å². The van der Waals surface area contributed by atoms with Gasteiger partial charge in [0.15, 0.2) is 0 Å². The monoisotopic (exact) mass is 884 g/mol. The fraction of sp³-hybridized carbons (Fsp3) is 0.429. The van der Waals surface area contributed by atoms with Gasteiger partial charge in [-0.25, -0.2) is 0 Å². The second-order valence-electron chi connectivity index (χ2n) is 13.7. The van der Waals surface area contributed by atoms with Gasteiger partial charge < -0.3 is 18.9 Å². The molecule has 0 saturated heterocycles. The first-order valence-corrected chi connectivity index (χ1v) is 21.7. The zero-order valence-electron chi connectivity index (χ0n) is 30.3. The zero-order valence-corrected chi connectivity index (χ0v) is 34.1. The number of ether oxygens (including phenoxy) is 4. The summed E-state index contributed by atoms with van der Waals surface area (Å²) in [5, 5.41) is 2.78. The van der Waals surface area contributed by atoms with Crippen molar-refractivity contribution in [2.45, 2.75) is 118 Å². The number of halogens is 1. The molecule has 5 rings (SSSR count). The van der Waals surface area contributed by atoms with Crippen molar-refractivity contribution in [1.82, 2.24) is 0 Å². The van der Waals surface area contributed by atoms with E-state index in [0.717, 1.165) is 45.3 Å². The third-order valence-electron chi connectivity index (χ3n) is 8.19. The van der Waals surface area contributed by atoms with Crippen molar-refractivity contribution in [3.05, 3.63) is 84.9 Å². The molecule has 0 bridgehead atoms. The van der Waals surface area contributed by atoms with Gasteiger partial charge in [0.25, 0.3) is 0 Å². The fourth-order valence-corrected chi connectivity index (χ4v) is 9.60. The Balaban J connectivity index is 0.00000265. The molecular formula is C42H53AuClO4P. The van der Waals surface area contributed by atoms with Crippen LogP contribution in [-0.2, 0) is 20.0 Å². The van der Waals surface area contributed by atoms with E-state index in [1.165, 1.54) is 42.7 Å². The number of hydrogen-bond donors (Lipinski definition) is 0. The maximum atomic E-state index is 6.37. The van der Waals surface area contributed by atoms with E-state index in [4.69, 9.17) is 18.9 Å². The summed E-state index contributed by atoms with van der Waals surface area (Å²) in [7, 11) is 3.93. The zero-order chi connectivity index (χ0) is 35.5. The molecule has 7 heteroatoms.